The van der Waals surface area contributed by atoms with Gasteiger partial charge < -0.3 is 10.2 Å². The van der Waals surface area contributed by atoms with E-state index in [0.717, 1.165) is 44.6 Å². The van der Waals surface area contributed by atoms with Crippen molar-refractivity contribution in [1.29, 1.82) is 0 Å². The molecule has 1 amide bonds. The number of rotatable bonds is 7. The Kier molecular flexibility index (Phi) is 5.83. The van der Waals surface area contributed by atoms with Gasteiger partial charge in [0.2, 0.25) is 5.91 Å². The Labute approximate surface area is 143 Å². The lowest BCUT2D eigenvalue weighted by Crippen LogP contribution is -2.37. The third kappa shape index (κ3) is 4.82. The molecule has 1 aliphatic rings. The Balaban J connectivity index is 1.34. The summed E-state index contributed by atoms with van der Waals surface area (Å²) in [4.78, 5) is 18.7. The van der Waals surface area contributed by atoms with Gasteiger partial charge in [-0.25, -0.2) is 4.98 Å². The number of nitrogens with one attached hydrogen (secondary N) is 1. The molecule has 0 aliphatic carbocycles. The molecule has 1 aliphatic heterocycles. The molecule has 0 spiro atoms. The van der Waals surface area contributed by atoms with Gasteiger partial charge in [0, 0.05) is 31.7 Å². The highest BCUT2D eigenvalue weighted by Gasteiger charge is 2.24. The van der Waals surface area contributed by atoms with Gasteiger partial charge in [-0.2, -0.15) is 0 Å². The van der Waals surface area contributed by atoms with Gasteiger partial charge in [0.05, 0.1) is 0 Å². The van der Waals surface area contributed by atoms with E-state index < -0.39 is 0 Å². The minimum atomic E-state index is 0.177. The highest BCUT2D eigenvalue weighted by atomic mass is 16.1. The molecular weight excluding hydrogens is 298 g/mol. The van der Waals surface area contributed by atoms with Crippen molar-refractivity contribution in [3.05, 3.63) is 60.3 Å². The van der Waals surface area contributed by atoms with Crippen LogP contribution in [0.15, 0.2) is 54.7 Å². The van der Waals surface area contributed by atoms with Crippen LogP contribution in [0.5, 0.6) is 0 Å². The number of amides is 1. The smallest absolute Gasteiger partial charge is 0.220 e. The maximum absolute atomic E-state index is 12.1. The maximum atomic E-state index is 12.1. The summed E-state index contributed by atoms with van der Waals surface area (Å²) in [7, 11) is 0. The first-order valence-electron chi connectivity index (χ1n) is 8.80. The van der Waals surface area contributed by atoms with Crippen molar-refractivity contribution >= 4 is 11.7 Å². The van der Waals surface area contributed by atoms with Gasteiger partial charge in [-0.05, 0) is 43.4 Å². The standard InChI is InChI=1S/C20H25N3O/c24-20(12-5-4-10-17-8-2-1-3-9-17)22-18-13-15-23(16-18)19-11-6-7-14-21-19/h1-3,6-9,11,14,18H,4-5,10,12-13,15-16H2,(H,22,24). The van der Waals surface area contributed by atoms with Gasteiger partial charge in [-0.3, -0.25) is 4.79 Å². The zero-order chi connectivity index (χ0) is 16.6. The topological polar surface area (TPSA) is 45.2 Å². The summed E-state index contributed by atoms with van der Waals surface area (Å²) in [5, 5.41) is 3.17. The van der Waals surface area contributed by atoms with Crippen LogP contribution in [0, 0.1) is 0 Å². The average molecular weight is 323 g/mol. The molecule has 0 saturated carbocycles. The van der Waals surface area contributed by atoms with Crippen molar-refractivity contribution in [2.24, 2.45) is 0 Å². The average Bonchev–Trinajstić information content (AvgIpc) is 3.09. The predicted octanol–water partition coefficient (Wildman–Crippen LogP) is 3.19. The quantitative estimate of drug-likeness (QED) is 0.796. The molecule has 2 heterocycles. The molecule has 1 atom stereocenters. The van der Waals surface area contributed by atoms with Gasteiger partial charge in [0.25, 0.3) is 0 Å². The summed E-state index contributed by atoms with van der Waals surface area (Å²) in [5.41, 5.74) is 1.35. The Bertz CT molecular complexity index is 630. The Morgan fingerprint density at radius 1 is 1.12 bits per heavy atom. The van der Waals surface area contributed by atoms with E-state index in [1.54, 1.807) is 0 Å². The van der Waals surface area contributed by atoms with Crippen molar-refractivity contribution in [3.63, 3.8) is 0 Å². The van der Waals surface area contributed by atoms with E-state index in [-0.39, 0.29) is 11.9 Å². The summed E-state index contributed by atoms with van der Waals surface area (Å²) in [5.74, 6) is 1.17. The molecule has 4 nitrogen and oxygen atoms in total. The van der Waals surface area contributed by atoms with E-state index >= 15 is 0 Å². The van der Waals surface area contributed by atoms with E-state index in [4.69, 9.17) is 0 Å². The second-order valence-electron chi connectivity index (χ2n) is 6.38. The molecule has 24 heavy (non-hydrogen) atoms. The number of unbranched alkanes of at least 4 members (excludes halogenated alkanes) is 1. The van der Waals surface area contributed by atoms with Crippen LogP contribution in [0.3, 0.4) is 0 Å². The summed E-state index contributed by atoms with van der Waals surface area (Å²) >= 11 is 0. The first-order chi connectivity index (χ1) is 11.8. The molecule has 1 fully saturated rings. The van der Waals surface area contributed by atoms with E-state index in [0.29, 0.717) is 6.42 Å². The van der Waals surface area contributed by atoms with Crippen molar-refractivity contribution in [2.45, 2.75) is 38.1 Å². The lowest BCUT2D eigenvalue weighted by molar-refractivity contribution is -0.121. The van der Waals surface area contributed by atoms with E-state index in [1.807, 2.05) is 30.5 Å². The number of nitrogens with zero attached hydrogens (tertiary/aromatic N) is 2. The Morgan fingerprint density at radius 3 is 2.75 bits per heavy atom. The third-order valence-electron chi connectivity index (χ3n) is 4.49. The maximum Gasteiger partial charge on any atom is 0.220 e. The van der Waals surface area contributed by atoms with Crippen molar-refractivity contribution in [2.75, 3.05) is 18.0 Å². The van der Waals surface area contributed by atoms with Crippen LogP contribution in [0.2, 0.25) is 0 Å². The van der Waals surface area contributed by atoms with Gasteiger partial charge >= 0.3 is 0 Å². The number of pyridine rings is 1. The first kappa shape index (κ1) is 16.5. The van der Waals surface area contributed by atoms with Crippen LogP contribution >= 0.6 is 0 Å². The minimum absolute atomic E-state index is 0.177. The highest BCUT2D eigenvalue weighted by Crippen LogP contribution is 2.17. The SMILES string of the molecule is O=C(CCCCc1ccccc1)NC1CCN(c2ccccn2)C1. The van der Waals surface area contributed by atoms with Gasteiger partial charge in [-0.1, -0.05) is 36.4 Å². The van der Waals surface area contributed by atoms with E-state index in [1.165, 1.54) is 5.56 Å². The molecule has 1 aromatic carbocycles. The van der Waals surface area contributed by atoms with Crippen molar-refractivity contribution in [1.82, 2.24) is 10.3 Å². The number of carbonyl (C=O) groups excluding carboxylic acids is 1. The largest absolute Gasteiger partial charge is 0.354 e. The van der Waals surface area contributed by atoms with Gasteiger partial charge in [0.1, 0.15) is 5.82 Å². The minimum Gasteiger partial charge on any atom is -0.354 e. The van der Waals surface area contributed by atoms with E-state index in [9.17, 15) is 4.79 Å². The zero-order valence-corrected chi connectivity index (χ0v) is 14.0. The molecule has 0 bridgehead atoms. The highest BCUT2D eigenvalue weighted by molar-refractivity contribution is 5.76. The van der Waals surface area contributed by atoms with Crippen molar-refractivity contribution in [3.8, 4) is 0 Å². The molecule has 126 valence electrons. The summed E-state index contributed by atoms with van der Waals surface area (Å²) in [6.07, 6.45) is 6.47. The lowest BCUT2D eigenvalue weighted by atomic mass is 10.1. The van der Waals surface area contributed by atoms with Crippen LogP contribution in [-0.2, 0) is 11.2 Å². The second-order valence-corrected chi connectivity index (χ2v) is 6.38. The molecule has 4 heteroatoms. The molecule has 1 saturated heterocycles. The number of hydrogen-bond donors (Lipinski definition) is 1. The van der Waals surface area contributed by atoms with Gasteiger partial charge in [-0.15, -0.1) is 0 Å². The molecule has 1 N–H and O–H groups in total. The molecule has 1 unspecified atom stereocenters. The number of benzene rings is 1. The third-order valence-corrected chi connectivity index (χ3v) is 4.49. The fraction of sp³-hybridized carbons (Fsp3) is 0.400. The Morgan fingerprint density at radius 2 is 1.96 bits per heavy atom. The number of hydrogen-bond acceptors (Lipinski definition) is 3. The number of anilines is 1. The van der Waals surface area contributed by atoms with Crippen LogP contribution < -0.4 is 10.2 Å². The number of carbonyl (C=O) groups is 1. The zero-order valence-electron chi connectivity index (χ0n) is 14.0. The van der Waals surface area contributed by atoms with E-state index in [2.05, 4.69) is 39.5 Å². The van der Waals surface area contributed by atoms with Crippen LogP contribution in [0.4, 0.5) is 5.82 Å². The lowest BCUT2D eigenvalue weighted by Gasteiger charge is -2.17. The van der Waals surface area contributed by atoms with Crippen molar-refractivity contribution < 1.29 is 4.79 Å². The first-order valence-corrected chi connectivity index (χ1v) is 8.80. The summed E-state index contributed by atoms with van der Waals surface area (Å²) < 4.78 is 0. The molecule has 3 rings (SSSR count). The second kappa shape index (κ2) is 8.48. The molecular formula is C20H25N3O. The predicted molar refractivity (Wildman–Crippen MR) is 97.0 cm³/mol. The Hall–Kier alpha value is -2.36. The molecule has 1 aromatic heterocycles. The molecule has 0 radical (unpaired) electrons. The monoisotopic (exact) mass is 323 g/mol. The number of aryl methyl sites for hydroxylation is 1. The summed E-state index contributed by atoms with van der Waals surface area (Å²) in [6, 6.07) is 16.6. The van der Waals surface area contributed by atoms with Crippen LogP contribution in [0.1, 0.15) is 31.2 Å². The van der Waals surface area contributed by atoms with Gasteiger partial charge in [0.15, 0.2) is 0 Å². The fourth-order valence-electron chi connectivity index (χ4n) is 3.19. The fourth-order valence-corrected chi connectivity index (χ4v) is 3.19. The normalized spacial score (nSPS) is 17.0. The van der Waals surface area contributed by atoms with Crippen LogP contribution in [-0.4, -0.2) is 30.0 Å². The summed E-state index contributed by atoms with van der Waals surface area (Å²) in [6.45, 7) is 1.81. The van der Waals surface area contributed by atoms with Crippen LogP contribution in [0.25, 0.3) is 0 Å². The molecule has 2 aromatic rings. The number of aromatic nitrogens is 1.